The summed E-state index contributed by atoms with van der Waals surface area (Å²) in [5.41, 5.74) is 0.914. The first kappa shape index (κ1) is 21.2. The zero-order chi connectivity index (χ0) is 19.5. The summed E-state index contributed by atoms with van der Waals surface area (Å²) in [4.78, 5) is 14.2. The van der Waals surface area contributed by atoms with Crippen molar-refractivity contribution in [3.63, 3.8) is 0 Å². The van der Waals surface area contributed by atoms with Crippen LogP contribution < -0.4 is 0 Å². The van der Waals surface area contributed by atoms with E-state index >= 15 is 0 Å². The van der Waals surface area contributed by atoms with E-state index < -0.39 is 10.0 Å². The molecule has 1 fully saturated rings. The molecular formula is C17H22Cl2N2O4S. The maximum atomic E-state index is 12.9. The van der Waals surface area contributed by atoms with Crippen molar-refractivity contribution in [2.24, 2.45) is 0 Å². The molecule has 1 aromatic carbocycles. The van der Waals surface area contributed by atoms with Crippen molar-refractivity contribution in [1.82, 2.24) is 9.21 Å². The van der Waals surface area contributed by atoms with Crippen molar-refractivity contribution in [3.8, 4) is 0 Å². The molecular weight excluding hydrogens is 399 g/mol. The zero-order valence-corrected chi connectivity index (χ0v) is 17.1. The first-order valence-electron chi connectivity index (χ1n) is 8.19. The molecule has 0 saturated carbocycles. The summed E-state index contributed by atoms with van der Waals surface area (Å²) in [6, 6.07) is 2.57. The number of rotatable bonds is 6. The Morgan fingerprint density at radius 3 is 2.42 bits per heavy atom. The van der Waals surface area contributed by atoms with Crippen molar-refractivity contribution in [2.45, 2.75) is 18.7 Å². The van der Waals surface area contributed by atoms with Crippen molar-refractivity contribution in [1.29, 1.82) is 0 Å². The van der Waals surface area contributed by atoms with Crippen molar-refractivity contribution in [3.05, 3.63) is 39.9 Å². The van der Waals surface area contributed by atoms with Gasteiger partial charge in [-0.3, -0.25) is 4.79 Å². The molecule has 9 heteroatoms. The molecule has 0 aromatic heterocycles. The second-order valence-electron chi connectivity index (χ2n) is 6.06. The molecule has 0 aliphatic carbocycles. The summed E-state index contributed by atoms with van der Waals surface area (Å²) < 4.78 is 32.3. The third kappa shape index (κ3) is 4.58. The number of carbonyl (C=O) groups excluding carboxylic acids is 1. The van der Waals surface area contributed by atoms with Crippen molar-refractivity contribution < 1.29 is 17.9 Å². The Balaban J connectivity index is 2.45. The van der Waals surface area contributed by atoms with Crippen LogP contribution in [0, 0.1) is 0 Å². The largest absolute Gasteiger partial charge is 0.379 e. The summed E-state index contributed by atoms with van der Waals surface area (Å²) in [6.45, 7) is 9.37. The predicted molar refractivity (Wildman–Crippen MR) is 102 cm³/mol. The minimum Gasteiger partial charge on any atom is -0.379 e. The van der Waals surface area contributed by atoms with Gasteiger partial charge < -0.3 is 9.64 Å². The summed E-state index contributed by atoms with van der Waals surface area (Å²) in [7, 11) is -3.85. The smallest absolute Gasteiger partial charge is 0.255 e. The Morgan fingerprint density at radius 2 is 1.88 bits per heavy atom. The van der Waals surface area contributed by atoms with Crippen LogP contribution in [-0.2, 0) is 14.8 Å². The lowest BCUT2D eigenvalue weighted by Gasteiger charge is -2.27. The van der Waals surface area contributed by atoms with E-state index in [-0.39, 0.29) is 39.5 Å². The summed E-state index contributed by atoms with van der Waals surface area (Å²) >= 11 is 12.3. The van der Waals surface area contributed by atoms with Crippen LogP contribution >= 0.6 is 23.2 Å². The highest BCUT2D eigenvalue weighted by Gasteiger charge is 2.30. The number of likely N-dealkylation sites (N-methyl/N-ethyl adjacent to an activating group) is 1. The molecule has 1 aliphatic rings. The second-order valence-corrected chi connectivity index (χ2v) is 8.78. The van der Waals surface area contributed by atoms with Crippen LogP contribution in [0.3, 0.4) is 0 Å². The van der Waals surface area contributed by atoms with Crippen molar-refractivity contribution in [2.75, 3.05) is 39.4 Å². The Labute approximate surface area is 164 Å². The van der Waals surface area contributed by atoms with E-state index in [9.17, 15) is 13.2 Å². The molecule has 0 N–H and O–H groups in total. The number of amides is 1. The fourth-order valence-corrected chi connectivity index (χ4v) is 4.88. The first-order chi connectivity index (χ1) is 12.2. The minimum atomic E-state index is -3.85. The van der Waals surface area contributed by atoms with Crippen LogP contribution in [0.5, 0.6) is 0 Å². The Bertz CT molecular complexity index is 805. The normalized spacial score (nSPS) is 15.7. The topological polar surface area (TPSA) is 66.9 Å². The average Bonchev–Trinajstić information content (AvgIpc) is 2.59. The van der Waals surface area contributed by atoms with Gasteiger partial charge in [-0.15, -0.1) is 0 Å². The standard InChI is InChI=1S/C17H22Cl2N2O4S/c1-4-20(11-12(2)3)17(22)13-9-16(15(19)10-14(13)18)26(23,24)21-5-7-25-8-6-21/h9-10H,2,4-8,11H2,1,3H3. The quantitative estimate of drug-likeness (QED) is 0.663. The molecule has 0 spiro atoms. The summed E-state index contributed by atoms with van der Waals surface area (Å²) in [5.74, 6) is -0.365. The van der Waals surface area contributed by atoms with Gasteiger partial charge in [0.1, 0.15) is 4.90 Å². The van der Waals surface area contributed by atoms with E-state index in [4.69, 9.17) is 27.9 Å². The highest BCUT2D eigenvalue weighted by molar-refractivity contribution is 7.89. The molecule has 0 bridgehead atoms. The van der Waals surface area contributed by atoms with Gasteiger partial charge in [0.2, 0.25) is 10.0 Å². The van der Waals surface area contributed by atoms with Gasteiger partial charge >= 0.3 is 0 Å². The molecule has 1 aliphatic heterocycles. The van der Waals surface area contributed by atoms with Gasteiger partial charge in [0.05, 0.1) is 28.8 Å². The number of benzene rings is 1. The molecule has 1 aromatic rings. The number of morpholine rings is 1. The molecule has 0 unspecified atom stereocenters. The van der Waals surface area contributed by atoms with Crippen LogP contribution in [0.25, 0.3) is 0 Å². The van der Waals surface area contributed by atoms with Crippen LogP contribution in [0.2, 0.25) is 10.0 Å². The molecule has 2 rings (SSSR count). The number of carbonyl (C=O) groups is 1. The second kappa shape index (κ2) is 8.71. The van der Waals surface area contributed by atoms with Gasteiger partial charge in [-0.25, -0.2) is 8.42 Å². The molecule has 0 radical (unpaired) electrons. The number of nitrogens with zero attached hydrogens (tertiary/aromatic N) is 2. The Hall–Kier alpha value is -1.12. The maximum absolute atomic E-state index is 12.9. The number of hydrogen-bond acceptors (Lipinski definition) is 4. The van der Waals surface area contributed by atoms with Crippen molar-refractivity contribution >= 4 is 39.1 Å². The number of ether oxygens (including phenoxy) is 1. The molecule has 144 valence electrons. The SMILES string of the molecule is C=C(C)CN(CC)C(=O)c1cc(S(=O)(=O)N2CCOCC2)c(Cl)cc1Cl. The summed E-state index contributed by atoms with van der Waals surface area (Å²) in [5, 5.41) is 0.0992. The lowest BCUT2D eigenvalue weighted by Crippen LogP contribution is -2.40. The van der Waals surface area contributed by atoms with E-state index in [1.165, 1.54) is 16.4 Å². The molecule has 6 nitrogen and oxygen atoms in total. The van der Waals surface area contributed by atoms with Crippen LogP contribution in [0.4, 0.5) is 0 Å². The lowest BCUT2D eigenvalue weighted by atomic mass is 10.2. The number of hydrogen-bond donors (Lipinski definition) is 0. The Kier molecular flexibility index (Phi) is 7.10. The third-order valence-electron chi connectivity index (χ3n) is 3.97. The van der Waals surface area contributed by atoms with Gasteiger partial charge in [-0.05, 0) is 26.0 Å². The molecule has 26 heavy (non-hydrogen) atoms. The first-order valence-corrected chi connectivity index (χ1v) is 10.4. The summed E-state index contributed by atoms with van der Waals surface area (Å²) in [6.07, 6.45) is 0. The average molecular weight is 421 g/mol. The fraction of sp³-hybridized carbons (Fsp3) is 0.471. The highest BCUT2D eigenvalue weighted by atomic mass is 35.5. The van der Waals surface area contributed by atoms with Gasteiger partial charge in [0, 0.05) is 26.2 Å². The van der Waals surface area contributed by atoms with Crippen LogP contribution in [0.1, 0.15) is 24.2 Å². The van der Waals surface area contributed by atoms with E-state index in [0.717, 1.165) is 5.57 Å². The van der Waals surface area contributed by atoms with Crippen LogP contribution in [0.15, 0.2) is 29.2 Å². The van der Waals surface area contributed by atoms with E-state index in [2.05, 4.69) is 6.58 Å². The highest BCUT2D eigenvalue weighted by Crippen LogP contribution is 2.31. The van der Waals surface area contributed by atoms with Crippen LogP contribution in [-0.4, -0.2) is 62.9 Å². The van der Waals surface area contributed by atoms with Gasteiger partial charge in [-0.2, -0.15) is 4.31 Å². The minimum absolute atomic E-state index is 0.0130. The maximum Gasteiger partial charge on any atom is 0.255 e. The molecule has 1 heterocycles. The van der Waals surface area contributed by atoms with Gasteiger partial charge in [0.25, 0.3) is 5.91 Å². The van der Waals surface area contributed by atoms with E-state index in [1.54, 1.807) is 4.90 Å². The predicted octanol–water partition coefficient (Wildman–Crippen LogP) is 3.05. The third-order valence-corrected chi connectivity index (χ3v) is 6.65. The molecule has 0 atom stereocenters. The number of halogens is 2. The monoisotopic (exact) mass is 420 g/mol. The lowest BCUT2D eigenvalue weighted by molar-refractivity contribution is 0.0730. The van der Waals surface area contributed by atoms with E-state index in [1.807, 2.05) is 13.8 Å². The number of sulfonamides is 1. The van der Waals surface area contributed by atoms with Gasteiger partial charge in [-0.1, -0.05) is 35.4 Å². The fourth-order valence-electron chi connectivity index (χ4n) is 2.64. The molecule has 1 amide bonds. The Morgan fingerprint density at radius 1 is 1.27 bits per heavy atom. The van der Waals surface area contributed by atoms with E-state index in [0.29, 0.717) is 26.3 Å². The zero-order valence-electron chi connectivity index (χ0n) is 14.8. The molecule has 1 saturated heterocycles. The van der Waals surface area contributed by atoms with Gasteiger partial charge in [0.15, 0.2) is 0 Å².